The van der Waals surface area contributed by atoms with E-state index < -0.39 is 39.8 Å². The maximum absolute atomic E-state index is 13.8. The molecule has 39 heavy (non-hydrogen) atoms. The van der Waals surface area contributed by atoms with Crippen molar-refractivity contribution < 1.29 is 27.9 Å². The number of carbonyl (C=O) groups excluding carboxylic acids is 2. The molecule has 2 heterocycles. The van der Waals surface area contributed by atoms with Gasteiger partial charge in [-0.1, -0.05) is 43.9 Å². The summed E-state index contributed by atoms with van der Waals surface area (Å²) in [4.78, 5) is 39.4. The lowest BCUT2D eigenvalue weighted by Gasteiger charge is -2.28. The van der Waals surface area contributed by atoms with Crippen molar-refractivity contribution in [1.82, 2.24) is 19.9 Å². The minimum absolute atomic E-state index is 0.184. The van der Waals surface area contributed by atoms with Crippen molar-refractivity contribution in [3.05, 3.63) is 36.0 Å². The predicted octanol–water partition coefficient (Wildman–Crippen LogP) is 2.42. The molecule has 1 aromatic carbocycles. The van der Waals surface area contributed by atoms with Gasteiger partial charge in [0.05, 0.1) is 18.1 Å². The van der Waals surface area contributed by atoms with E-state index in [-0.39, 0.29) is 24.8 Å². The topological polar surface area (TPSA) is 147 Å². The Morgan fingerprint density at radius 3 is 2.56 bits per heavy atom. The van der Waals surface area contributed by atoms with Crippen LogP contribution in [0.5, 0.6) is 0 Å². The molecule has 4 N–H and O–H groups in total. The van der Waals surface area contributed by atoms with Gasteiger partial charge < -0.3 is 20.3 Å². The molecule has 0 unspecified atom stereocenters. The van der Waals surface area contributed by atoms with Crippen molar-refractivity contribution in [3.8, 4) is 0 Å². The zero-order chi connectivity index (χ0) is 28.0. The monoisotopic (exact) mass is 560 g/mol. The summed E-state index contributed by atoms with van der Waals surface area (Å²) in [6, 6.07) is 7.11. The van der Waals surface area contributed by atoms with Gasteiger partial charge in [-0.15, -0.1) is 0 Å². The first kappa shape index (κ1) is 29.1. The van der Waals surface area contributed by atoms with Crippen molar-refractivity contribution in [2.75, 3.05) is 19.3 Å². The number of nitrogens with zero attached hydrogens (tertiary/aromatic N) is 1. The maximum atomic E-state index is 13.8. The fraction of sp³-hybridized carbons (Fsp3) is 0.607. The van der Waals surface area contributed by atoms with Crippen LogP contribution in [0.4, 0.5) is 0 Å². The van der Waals surface area contributed by atoms with E-state index in [2.05, 4.69) is 26.0 Å². The van der Waals surface area contributed by atoms with Crippen LogP contribution in [0.15, 0.2) is 30.5 Å². The first-order valence-electron chi connectivity index (χ1n) is 13.9. The number of fused-ring (bicyclic) bond motifs is 5. The zero-order valence-electron chi connectivity index (χ0n) is 22.5. The third-order valence-electron chi connectivity index (χ3n) is 8.07. The molecule has 1 fully saturated rings. The number of benzene rings is 1. The molecule has 1 aromatic heterocycles. The molecule has 1 aliphatic heterocycles. The Kier molecular flexibility index (Phi) is 9.66. The van der Waals surface area contributed by atoms with Crippen LogP contribution in [0.2, 0.25) is 0 Å². The van der Waals surface area contributed by atoms with E-state index in [0.717, 1.165) is 74.2 Å². The van der Waals surface area contributed by atoms with Gasteiger partial charge in [0.25, 0.3) is 0 Å². The van der Waals surface area contributed by atoms with Gasteiger partial charge in [-0.2, -0.15) is 0 Å². The van der Waals surface area contributed by atoms with Crippen molar-refractivity contribution >= 4 is 38.7 Å². The van der Waals surface area contributed by atoms with E-state index in [1.165, 1.54) is 0 Å². The molecule has 2 amide bonds. The highest BCUT2D eigenvalue weighted by atomic mass is 32.2. The standard InChI is InChI=1S/C28H40N4O6S/c1-39(37,38)30-17-23(28(35)36)22(15-19-9-3-4-10-19)26(33)31-24-16-20-18-32(25-12-6-5-11-21(20)25)14-8-2-7-13-29-27(24)34/h5-6,11-12,18-19,22-24,30H,2-4,7-10,13-17H2,1H3,(H,29,34)(H,31,33)(H,35,36)/t22-,23+,24+/m1/s1. The van der Waals surface area contributed by atoms with Crippen molar-refractivity contribution in [2.24, 2.45) is 17.8 Å². The molecule has 1 saturated carbocycles. The first-order chi connectivity index (χ1) is 18.6. The molecular formula is C28H40N4O6S. The fourth-order valence-corrected chi connectivity index (χ4v) is 6.48. The number of amides is 2. The largest absolute Gasteiger partial charge is 0.481 e. The molecular weight excluding hydrogens is 520 g/mol. The predicted molar refractivity (Wildman–Crippen MR) is 148 cm³/mol. The minimum Gasteiger partial charge on any atom is -0.481 e. The zero-order valence-corrected chi connectivity index (χ0v) is 23.3. The Hall–Kier alpha value is -2.92. The summed E-state index contributed by atoms with van der Waals surface area (Å²) in [7, 11) is -3.65. The summed E-state index contributed by atoms with van der Waals surface area (Å²) < 4.78 is 28.0. The summed E-state index contributed by atoms with van der Waals surface area (Å²) in [6.07, 6.45) is 10.2. The lowest BCUT2D eigenvalue weighted by molar-refractivity contribution is -0.147. The Morgan fingerprint density at radius 1 is 1.10 bits per heavy atom. The lowest BCUT2D eigenvalue weighted by Crippen LogP contribution is -2.52. The maximum Gasteiger partial charge on any atom is 0.308 e. The van der Waals surface area contributed by atoms with Gasteiger partial charge in [0.1, 0.15) is 6.04 Å². The third kappa shape index (κ3) is 7.82. The highest BCUT2D eigenvalue weighted by molar-refractivity contribution is 7.88. The average Bonchev–Trinajstić information content (AvgIpc) is 3.51. The number of rotatable bonds is 9. The second kappa shape index (κ2) is 13.0. The number of carboxylic acids is 1. The van der Waals surface area contributed by atoms with Gasteiger partial charge >= 0.3 is 5.97 Å². The van der Waals surface area contributed by atoms with E-state index >= 15 is 0 Å². The summed E-state index contributed by atoms with van der Waals surface area (Å²) in [5.74, 6) is -4.12. The van der Waals surface area contributed by atoms with Gasteiger partial charge in [0.15, 0.2) is 0 Å². The molecule has 0 radical (unpaired) electrons. The Morgan fingerprint density at radius 2 is 1.85 bits per heavy atom. The van der Waals surface area contributed by atoms with Gasteiger partial charge in [0.2, 0.25) is 21.8 Å². The number of hydrogen-bond acceptors (Lipinski definition) is 5. The SMILES string of the molecule is CS(=O)(=O)NC[C@H](C(=O)O)[C@@H](CC1CCCC1)C(=O)N[C@H]1Cc2cn(c3ccccc23)CCCCCNC1=O. The minimum atomic E-state index is -3.65. The molecule has 214 valence electrons. The fourth-order valence-electron chi connectivity index (χ4n) is 6.00. The number of hydrogen-bond donors (Lipinski definition) is 4. The molecule has 3 atom stereocenters. The number of sulfonamides is 1. The number of carbonyl (C=O) groups is 3. The molecule has 4 rings (SSSR count). The molecule has 2 aromatic rings. The van der Waals surface area contributed by atoms with Gasteiger partial charge in [-0.25, -0.2) is 13.1 Å². The number of aliphatic carboxylic acids is 1. The van der Waals surface area contributed by atoms with E-state index in [4.69, 9.17) is 0 Å². The van der Waals surface area contributed by atoms with Crippen LogP contribution in [-0.4, -0.2) is 61.3 Å². The highest BCUT2D eigenvalue weighted by Gasteiger charge is 2.38. The first-order valence-corrected chi connectivity index (χ1v) is 15.8. The van der Waals surface area contributed by atoms with Crippen molar-refractivity contribution in [2.45, 2.75) is 70.4 Å². The Balaban J connectivity index is 1.62. The van der Waals surface area contributed by atoms with Crippen LogP contribution in [0, 0.1) is 17.8 Å². The van der Waals surface area contributed by atoms with E-state index in [0.29, 0.717) is 13.0 Å². The summed E-state index contributed by atoms with van der Waals surface area (Å²) in [5, 5.41) is 16.9. The highest BCUT2D eigenvalue weighted by Crippen LogP contribution is 2.33. The van der Waals surface area contributed by atoms with E-state index in [9.17, 15) is 27.9 Å². The third-order valence-corrected chi connectivity index (χ3v) is 8.76. The molecule has 11 heteroatoms. The summed E-state index contributed by atoms with van der Waals surface area (Å²) in [5.41, 5.74) is 2.02. The summed E-state index contributed by atoms with van der Waals surface area (Å²) >= 11 is 0. The van der Waals surface area contributed by atoms with Crippen molar-refractivity contribution in [1.29, 1.82) is 0 Å². The van der Waals surface area contributed by atoms with Crippen LogP contribution in [0.1, 0.15) is 56.9 Å². The normalized spacial score (nSPS) is 20.9. The van der Waals surface area contributed by atoms with Gasteiger partial charge in [0, 0.05) is 43.2 Å². The molecule has 10 nitrogen and oxygen atoms in total. The smallest absolute Gasteiger partial charge is 0.308 e. The molecule has 0 spiro atoms. The molecule has 2 bridgehead atoms. The number of carboxylic acid groups (broad SMARTS) is 1. The Labute approximate surface area is 230 Å². The van der Waals surface area contributed by atoms with E-state index in [1.807, 2.05) is 24.4 Å². The summed E-state index contributed by atoms with van der Waals surface area (Å²) in [6.45, 7) is 0.977. The molecule has 1 aliphatic carbocycles. The quantitative estimate of drug-likeness (QED) is 0.370. The second-order valence-electron chi connectivity index (χ2n) is 11.0. The number of aromatic nitrogens is 1. The van der Waals surface area contributed by atoms with Crippen LogP contribution in [0.3, 0.4) is 0 Å². The Bertz CT molecular complexity index is 1280. The van der Waals surface area contributed by atoms with Crippen LogP contribution in [0.25, 0.3) is 10.9 Å². The second-order valence-corrected chi connectivity index (χ2v) is 12.9. The van der Waals surface area contributed by atoms with Gasteiger partial charge in [-0.3, -0.25) is 14.4 Å². The number of para-hydroxylation sites is 1. The molecule has 2 aliphatic rings. The van der Waals surface area contributed by atoms with Gasteiger partial charge in [-0.05, 0) is 43.2 Å². The number of aryl methyl sites for hydroxylation is 1. The van der Waals surface area contributed by atoms with E-state index in [1.54, 1.807) is 0 Å². The van der Waals surface area contributed by atoms with Crippen LogP contribution in [-0.2, 0) is 37.4 Å². The molecule has 0 saturated heterocycles. The number of nitrogens with one attached hydrogen (secondary N) is 3. The lowest BCUT2D eigenvalue weighted by atomic mass is 9.82. The van der Waals surface area contributed by atoms with Crippen LogP contribution < -0.4 is 15.4 Å². The average molecular weight is 561 g/mol. The van der Waals surface area contributed by atoms with Crippen molar-refractivity contribution in [3.63, 3.8) is 0 Å². The van der Waals surface area contributed by atoms with Crippen LogP contribution >= 0.6 is 0 Å².